The van der Waals surface area contributed by atoms with Gasteiger partial charge in [0, 0.05) is 33.4 Å². The van der Waals surface area contributed by atoms with Crippen LogP contribution in [0.1, 0.15) is 30.9 Å². The Morgan fingerprint density at radius 1 is 1.25 bits per heavy atom. The zero-order valence-corrected chi connectivity index (χ0v) is 12.9. The maximum absolute atomic E-state index is 5.31. The van der Waals surface area contributed by atoms with E-state index in [2.05, 4.69) is 46.8 Å². The molecule has 1 aromatic rings. The van der Waals surface area contributed by atoms with Gasteiger partial charge in [-0.25, -0.2) is 0 Å². The molecule has 0 fully saturated rings. The molecule has 4 nitrogen and oxygen atoms in total. The second-order valence-corrected chi connectivity index (χ2v) is 4.75. The summed E-state index contributed by atoms with van der Waals surface area (Å²) in [4.78, 5) is 4.22. The van der Waals surface area contributed by atoms with Gasteiger partial charge >= 0.3 is 0 Å². The van der Waals surface area contributed by atoms with Crippen LogP contribution in [0.2, 0.25) is 0 Å². The summed E-state index contributed by atoms with van der Waals surface area (Å²) < 4.78 is 5.31. The van der Waals surface area contributed by atoms with E-state index in [1.807, 2.05) is 6.92 Å². The summed E-state index contributed by atoms with van der Waals surface area (Å²) in [5.74, 6) is 0.850. The van der Waals surface area contributed by atoms with E-state index >= 15 is 0 Å². The fourth-order valence-electron chi connectivity index (χ4n) is 1.91. The summed E-state index contributed by atoms with van der Waals surface area (Å²) in [6.07, 6.45) is 2.17. The van der Waals surface area contributed by atoms with E-state index in [0.717, 1.165) is 45.1 Å². The van der Waals surface area contributed by atoms with Gasteiger partial charge in [-0.05, 0) is 32.3 Å². The van der Waals surface area contributed by atoms with Crippen LogP contribution >= 0.6 is 0 Å². The molecule has 20 heavy (non-hydrogen) atoms. The molecule has 1 rings (SSSR count). The molecule has 0 saturated carbocycles. The molecule has 0 saturated heterocycles. The second-order valence-electron chi connectivity index (χ2n) is 4.75. The Morgan fingerprint density at radius 2 is 2.10 bits per heavy atom. The Morgan fingerprint density at radius 3 is 2.80 bits per heavy atom. The predicted molar refractivity (Wildman–Crippen MR) is 85.1 cm³/mol. The molecular weight excluding hydrogens is 250 g/mol. The van der Waals surface area contributed by atoms with Gasteiger partial charge < -0.3 is 15.4 Å². The zero-order chi connectivity index (χ0) is 14.6. The number of aryl methyl sites for hydroxylation is 1. The summed E-state index contributed by atoms with van der Waals surface area (Å²) in [5, 5.41) is 6.64. The van der Waals surface area contributed by atoms with Crippen LogP contribution in [-0.4, -0.2) is 32.8 Å². The number of rotatable bonds is 8. The summed E-state index contributed by atoms with van der Waals surface area (Å²) >= 11 is 0. The first-order valence-electron chi connectivity index (χ1n) is 7.34. The Labute approximate surface area is 122 Å². The molecule has 0 aromatic heterocycles. The molecule has 0 atom stereocenters. The van der Waals surface area contributed by atoms with Crippen molar-refractivity contribution in [1.82, 2.24) is 10.6 Å². The normalized spacial score (nSPS) is 11.4. The largest absolute Gasteiger partial charge is 0.382 e. The maximum Gasteiger partial charge on any atom is 0.191 e. The molecule has 0 unspecified atom stereocenters. The molecule has 0 amide bonds. The molecule has 2 N–H and O–H groups in total. The van der Waals surface area contributed by atoms with Crippen molar-refractivity contribution in [1.29, 1.82) is 0 Å². The van der Waals surface area contributed by atoms with Crippen molar-refractivity contribution in [2.75, 3.05) is 26.8 Å². The van der Waals surface area contributed by atoms with E-state index in [1.165, 1.54) is 11.1 Å². The average Bonchev–Trinajstić information content (AvgIpc) is 2.46. The van der Waals surface area contributed by atoms with Crippen LogP contribution < -0.4 is 10.6 Å². The van der Waals surface area contributed by atoms with Gasteiger partial charge in [-0.2, -0.15) is 0 Å². The van der Waals surface area contributed by atoms with Crippen LogP contribution in [0.4, 0.5) is 0 Å². The third-order valence-electron chi connectivity index (χ3n) is 2.98. The number of benzene rings is 1. The van der Waals surface area contributed by atoms with Crippen molar-refractivity contribution in [2.24, 2.45) is 4.99 Å². The molecule has 0 aliphatic rings. The SMILES string of the molecule is CCOCCCCNC(=NC)NCc1cccc(C)c1. The van der Waals surface area contributed by atoms with Gasteiger partial charge in [0.25, 0.3) is 0 Å². The third kappa shape index (κ3) is 7.14. The number of unbranched alkanes of at least 4 members (excludes halogenated alkanes) is 1. The maximum atomic E-state index is 5.31. The first kappa shape index (κ1) is 16.5. The molecule has 0 aliphatic carbocycles. The summed E-state index contributed by atoms with van der Waals surface area (Å²) in [7, 11) is 1.80. The van der Waals surface area contributed by atoms with Gasteiger partial charge in [-0.1, -0.05) is 29.8 Å². The van der Waals surface area contributed by atoms with Crippen LogP contribution in [0.3, 0.4) is 0 Å². The third-order valence-corrected chi connectivity index (χ3v) is 2.98. The minimum absolute atomic E-state index is 0.792. The Bertz CT molecular complexity index is 404. The molecule has 0 aliphatic heterocycles. The fourth-order valence-corrected chi connectivity index (χ4v) is 1.91. The number of ether oxygens (including phenoxy) is 1. The van der Waals surface area contributed by atoms with Crippen molar-refractivity contribution in [3.05, 3.63) is 35.4 Å². The lowest BCUT2D eigenvalue weighted by molar-refractivity contribution is 0.143. The Balaban J connectivity index is 2.20. The second kappa shape index (κ2) is 10.3. The Hall–Kier alpha value is -1.55. The lowest BCUT2D eigenvalue weighted by Gasteiger charge is -2.12. The molecule has 1 aromatic carbocycles. The topological polar surface area (TPSA) is 45.6 Å². The number of guanidine groups is 1. The van der Waals surface area contributed by atoms with Crippen molar-refractivity contribution in [3.8, 4) is 0 Å². The van der Waals surface area contributed by atoms with E-state index in [0.29, 0.717) is 0 Å². The molecule has 0 spiro atoms. The number of nitrogens with zero attached hydrogens (tertiary/aromatic N) is 1. The van der Waals surface area contributed by atoms with Gasteiger partial charge in [-0.15, -0.1) is 0 Å². The highest BCUT2D eigenvalue weighted by Crippen LogP contribution is 2.02. The van der Waals surface area contributed by atoms with Gasteiger partial charge in [0.1, 0.15) is 0 Å². The summed E-state index contributed by atoms with van der Waals surface area (Å²) in [6.45, 7) is 7.48. The lowest BCUT2D eigenvalue weighted by atomic mass is 10.1. The smallest absolute Gasteiger partial charge is 0.191 e. The summed E-state index contributed by atoms with van der Waals surface area (Å²) in [5.41, 5.74) is 2.55. The van der Waals surface area contributed by atoms with Crippen LogP contribution in [0.25, 0.3) is 0 Å². The van der Waals surface area contributed by atoms with Crippen LogP contribution in [-0.2, 0) is 11.3 Å². The van der Waals surface area contributed by atoms with Gasteiger partial charge in [-0.3, -0.25) is 4.99 Å². The van der Waals surface area contributed by atoms with Gasteiger partial charge in [0.05, 0.1) is 0 Å². The fraction of sp³-hybridized carbons (Fsp3) is 0.562. The zero-order valence-electron chi connectivity index (χ0n) is 12.9. The van der Waals surface area contributed by atoms with Gasteiger partial charge in [0.2, 0.25) is 0 Å². The van der Waals surface area contributed by atoms with Crippen LogP contribution in [0.5, 0.6) is 0 Å². The van der Waals surface area contributed by atoms with Crippen LogP contribution in [0.15, 0.2) is 29.3 Å². The molecule has 0 heterocycles. The molecule has 112 valence electrons. The number of hydrogen-bond donors (Lipinski definition) is 2. The van der Waals surface area contributed by atoms with Crippen molar-refractivity contribution in [2.45, 2.75) is 33.2 Å². The number of hydrogen-bond acceptors (Lipinski definition) is 2. The number of aliphatic imine (C=N–C) groups is 1. The highest BCUT2D eigenvalue weighted by Gasteiger charge is 1.98. The minimum Gasteiger partial charge on any atom is -0.382 e. The van der Waals surface area contributed by atoms with E-state index in [1.54, 1.807) is 7.05 Å². The first-order chi connectivity index (χ1) is 9.76. The van der Waals surface area contributed by atoms with Crippen molar-refractivity contribution < 1.29 is 4.74 Å². The quantitative estimate of drug-likeness (QED) is 0.436. The van der Waals surface area contributed by atoms with E-state index in [9.17, 15) is 0 Å². The molecule has 0 radical (unpaired) electrons. The van der Waals surface area contributed by atoms with Crippen LogP contribution in [0, 0.1) is 6.92 Å². The van der Waals surface area contributed by atoms with Crippen molar-refractivity contribution in [3.63, 3.8) is 0 Å². The number of nitrogens with one attached hydrogen (secondary N) is 2. The highest BCUT2D eigenvalue weighted by molar-refractivity contribution is 5.79. The van der Waals surface area contributed by atoms with E-state index < -0.39 is 0 Å². The van der Waals surface area contributed by atoms with E-state index in [-0.39, 0.29) is 0 Å². The minimum atomic E-state index is 0.792. The highest BCUT2D eigenvalue weighted by atomic mass is 16.5. The molecule has 0 bridgehead atoms. The standard InChI is InChI=1S/C16H27N3O/c1-4-20-11-6-5-10-18-16(17-3)19-13-15-9-7-8-14(2)12-15/h7-9,12H,4-6,10-11,13H2,1-3H3,(H2,17,18,19). The molecular formula is C16H27N3O. The lowest BCUT2D eigenvalue weighted by Crippen LogP contribution is -2.37. The summed E-state index contributed by atoms with van der Waals surface area (Å²) in [6, 6.07) is 8.49. The van der Waals surface area contributed by atoms with E-state index in [4.69, 9.17) is 4.74 Å². The monoisotopic (exact) mass is 277 g/mol. The predicted octanol–water partition coefficient (Wildman–Crippen LogP) is 2.48. The average molecular weight is 277 g/mol. The van der Waals surface area contributed by atoms with Gasteiger partial charge in [0.15, 0.2) is 5.96 Å². The Kier molecular flexibility index (Phi) is 8.47. The molecule has 4 heteroatoms. The first-order valence-corrected chi connectivity index (χ1v) is 7.34. The van der Waals surface area contributed by atoms with Crippen molar-refractivity contribution >= 4 is 5.96 Å².